The second-order valence-electron chi connectivity index (χ2n) is 8.07. The fourth-order valence-corrected chi connectivity index (χ4v) is 4.68. The highest BCUT2D eigenvalue weighted by atomic mass is 35.5. The summed E-state index contributed by atoms with van der Waals surface area (Å²) in [6, 6.07) is 0.379. The highest BCUT2D eigenvalue weighted by Gasteiger charge is 2.33. The van der Waals surface area contributed by atoms with Gasteiger partial charge in [0.25, 0.3) is 0 Å². The van der Waals surface area contributed by atoms with E-state index in [0.29, 0.717) is 18.5 Å². The van der Waals surface area contributed by atoms with Gasteiger partial charge in [0.15, 0.2) is 0 Å². The molecule has 2 unspecified atom stereocenters. The first kappa shape index (κ1) is 21.3. The molecule has 0 bridgehead atoms. The fraction of sp³-hybridized carbons (Fsp3) is 0.895. The molecule has 2 saturated heterocycles. The number of nitrogens with zero attached hydrogens (tertiary/aromatic N) is 2. The summed E-state index contributed by atoms with van der Waals surface area (Å²) in [6.07, 6.45) is 8.78. The molecular formula is C19H35ClN4O2. The predicted molar refractivity (Wildman–Crippen MR) is 106 cm³/mol. The van der Waals surface area contributed by atoms with E-state index in [2.05, 4.69) is 15.5 Å². The number of nitrogens with one attached hydrogen (secondary N) is 2. The summed E-state index contributed by atoms with van der Waals surface area (Å²) in [6.45, 7) is 4.09. The Morgan fingerprint density at radius 2 is 1.62 bits per heavy atom. The lowest BCUT2D eigenvalue weighted by Crippen LogP contribution is -2.52. The third-order valence-electron chi connectivity index (χ3n) is 6.06. The van der Waals surface area contributed by atoms with Gasteiger partial charge in [-0.2, -0.15) is 0 Å². The van der Waals surface area contributed by atoms with E-state index in [4.69, 9.17) is 0 Å². The van der Waals surface area contributed by atoms with Gasteiger partial charge in [-0.15, -0.1) is 12.4 Å². The lowest BCUT2D eigenvalue weighted by Gasteiger charge is -2.38. The minimum absolute atomic E-state index is 0. The van der Waals surface area contributed by atoms with Crippen molar-refractivity contribution >= 4 is 24.3 Å². The van der Waals surface area contributed by atoms with Crippen LogP contribution < -0.4 is 10.6 Å². The van der Waals surface area contributed by atoms with Gasteiger partial charge < -0.3 is 20.4 Å². The van der Waals surface area contributed by atoms with Crippen molar-refractivity contribution in [3.8, 4) is 0 Å². The molecular weight excluding hydrogens is 352 g/mol. The molecule has 26 heavy (non-hydrogen) atoms. The molecule has 6 nitrogen and oxygen atoms in total. The van der Waals surface area contributed by atoms with E-state index in [1.165, 1.54) is 19.3 Å². The zero-order chi connectivity index (χ0) is 17.6. The number of hydrogen-bond acceptors (Lipinski definition) is 3. The SMILES string of the molecule is CNCC1CCCN(C(=O)C2CCCN(C(=O)NC3CCCC3)C2)C1.Cl. The summed E-state index contributed by atoms with van der Waals surface area (Å²) < 4.78 is 0. The van der Waals surface area contributed by atoms with E-state index < -0.39 is 0 Å². The third-order valence-corrected chi connectivity index (χ3v) is 6.06. The van der Waals surface area contributed by atoms with Gasteiger partial charge >= 0.3 is 6.03 Å². The first-order valence-corrected chi connectivity index (χ1v) is 10.2. The Morgan fingerprint density at radius 3 is 2.35 bits per heavy atom. The molecule has 0 spiro atoms. The summed E-state index contributed by atoms with van der Waals surface area (Å²) in [5, 5.41) is 6.40. The zero-order valence-corrected chi connectivity index (χ0v) is 16.9. The molecule has 2 atom stereocenters. The molecule has 0 aromatic rings. The number of hydrogen-bond donors (Lipinski definition) is 2. The van der Waals surface area contributed by atoms with Crippen molar-refractivity contribution in [2.24, 2.45) is 11.8 Å². The third kappa shape index (κ3) is 5.49. The predicted octanol–water partition coefficient (Wildman–Crippen LogP) is 2.23. The minimum Gasteiger partial charge on any atom is -0.342 e. The smallest absolute Gasteiger partial charge is 0.317 e. The normalized spacial score (nSPS) is 27.1. The van der Waals surface area contributed by atoms with Crippen molar-refractivity contribution in [3.05, 3.63) is 0 Å². The van der Waals surface area contributed by atoms with E-state index in [-0.39, 0.29) is 30.3 Å². The average Bonchev–Trinajstić information content (AvgIpc) is 3.15. The molecule has 2 aliphatic heterocycles. The lowest BCUT2D eigenvalue weighted by atomic mass is 9.93. The van der Waals surface area contributed by atoms with Crippen molar-refractivity contribution in [2.75, 3.05) is 39.8 Å². The summed E-state index contributed by atoms with van der Waals surface area (Å²) in [5.74, 6) is 0.809. The Bertz CT molecular complexity index is 468. The van der Waals surface area contributed by atoms with Crippen LogP contribution in [-0.2, 0) is 4.79 Å². The molecule has 3 fully saturated rings. The van der Waals surface area contributed by atoms with Crippen LogP contribution in [0.1, 0.15) is 51.4 Å². The number of halogens is 1. The number of likely N-dealkylation sites (tertiary alicyclic amines) is 2. The van der Waals surface area contributed by atoms with Gasteiger partial charge in [-0.1, -0.05) is 12.8 Å². The Morgan fingerprint density at radius 1 is 0.923 bits per heavy atom. The second-order valence-corrected chi connectivity index (χ2v) is 8.07. The highest BCUT2D eigenvalue weighted by molar-refractivity contribution is 5.85. The van der Waals surface area contributed by atoms with Crippen LogP contribution in [0.5, 0.6) is 0 Å². The van der Waals surface area contributed by atoms with E-state index >= 15 is 0 Å². The first-order chi connectivity index (χ1) is 12.2. The molecule has 1 saturated carbocycles. The Balaban J connectivity index is 0.00000243. The molecule has 3 rings (SSSR count). The zero-order valence-electron chi connectivity index (χ0n) is 16.0. The molecule has 7 heteroatoms. The van der Waals surface area contributed by atoms with Gasteiger partial charge in [-0.05, 0) is 58.0 Å². The van der Waals surface area contributed by atoms with Gasteiger partial charge in [-0.3, -0.25) is 4.79 Å². The van der Waals surface area contributed by atoms with Crippen molar-refractivity contribution in [2.45, 2.75) is 57.4 Å². The second kappa shape index (κ2) is 10.4. The number of urea groups is 1. The van der Waals surface area contributed by atoms with Gasteiger partial charge in [0.1, 0.15) is 0 Å². The quantitative estimate of drug-likeness (QED) is 0.778. The van der Waals surface area contributed by atoms with Gasteiger partial charge in [-0.25, -0.2) is 4.79 Å². The number of piperidine rings is 2. The van der Waals surface area contributed by atoms with Crippen LogP contribution in [0.25, 0.3) is 0 Å². The minimum atomic E-state index is -0.0172. The highest BCUT2D eigenvalue weighted by Crippen LogP contribution is 2.24. The molecule has 0 radical (unpaired) electrons. The van der Waals surface area contributed by atoms with Crippen LogP contribution in [-0.4, -0.2) is 67.6 Å². The first-order valence-electron chi connectivity index (χ1n) is 10.2. The number of carbonyl (C=O) groups is 2. The Labute approximate surface area is 163 Å². The topological polar surface area (TPSA) is 64.7 Å². The van der Waals surface area contributed by atoms with Crippen molar-refractivity contribution < 1.29 is 9.59 Å². The van der Waals surface area contributed by atoms with E-state index in [1.54, 1.807) is 0 Å². The monoisotopic (exact) mass is 386 g/mol. The number of rotatable bonds is 4. The Hall–Kier alpha value is -1.01. The van der Waals surface area contributed by atoms with E-state index in [1.807, 2.05) is 11.9 Å². The van der Waals surface area contributed by atoms with Gasteiger partial charge in [0, 0.05) is 32.2 Å². The van der Waals surface area contributed by atoms with Crippen molar-refractivity contribution in [3.63, 3.8) is 0 Å². The van der Waals surface area contributed by atoms with Crippen molar-refractivity contribution in [1.82, 2.24) is 20.4 Å². The van der Waals surface area contributed by atoms with Crippen LogP contribution in [0, 0.1) is 11.8 Å². The summed E-state index contributed by atoms with van der Waals surface area (Å²) in [7, 11) is 1.97. The van der Waals surface area contributed by atoms with Gasteiger partial charge in [0.2, 0.25) is 5.91 Å². The summed E-state index contributed by atoms with van der Waals surface area (Å²) in [5.41, 5.74) is 0. The van der Waals surface area contributed by atoms with Crippen LogP contribution in [0.3, 0.4) is 0 Å². The van der Waals surface area contributed by atoms with Crippen LogP contribution >= 0.6 is 12.4 Å². The number of carbonyl (C=O) groups excluding carboxylic acids is 2. The van der Waals surface area contributed by atoms with Crippen molar-refractivity contribution in [1.29, 1.82) is 0 Å². The summed E-state index contributed by atoms with van der Waals surface area (Å²) >= 11 is 0. The number of amides is 3. The van der Waals surface area contributed by atoms with E-state index in [9.17, 15) is 9.59 Å². The largest absolute Gasteiger partial charge is 0.342 e. The maximum Gasteiger partial charge on any atom is 0.317 e. The molecule has 0 aromatic heterocycles. The molecule has 2 N–H and O–H groups in total. The molecule has 3 amide bonds. The van der Waals surface area contributed by atoms with E-state index in [0.717, 1.165) is 58.3 Å². The van der Waals surface area contributed by atoms with Gasteiger partial charge in [0.05, 0.1) is 5.92 Å². The Kier molecular flexibility index (Phi) is 8.48. The van der Waals surface area contributed by atoms with Crippen LogP contribution in [0.4, 0.5) is 4.79 Å². The summed E-state index contributed by atoms with van der Waals surface area (Å²) in [4.78, 5) is 29.4. The average molecular weight is 387 g/mol. The van der Waals surface area contributed by atoms with Crippen LogP contribution in [0.15, 0.2) is 0 Å². The maximum atomic E-state index is 13.0. The maximum absolute atomic E-state index is 13.0. The molecule has 2 heterocycles. The molecule has 3 aliphatic rings. The molecule has 1 aliphatic carbocycles. The van der Waals surface area contributed by atoms with Crippen LogP contribution in [0.2, 0.25) is 0 Å². The standard InChI is InChI=1S/C19H34N4O2.ClH/c1-20-12-15-6-4-10-22(13-15)18(24)16-7-5-11-23(14-16)19(25)21-17-8-2-3-9-17;/h15-17,20H,2-14H2,1H3,(H,21,25);1H. The lowest BCUT2D eigenvalue weighted by molar-refractivity contribution is -0.138. The molecule has 150 valence electrons. The fourth-order valence-electron chi connectivity index (χ4n) is 4.68. The molecule has 0 aromatic carbocycles.